The number of anilines is 1. The number of aliphatic imine (C=N–C) groups is 1. The lowest BCUT2D eigenvalue weighted by Gasteiger charge is -2.27. The van der Waals surface area contributed by atoms with Gasteiger partial charge in [0.05, 0.1) is 17.5 Å². The molecule has 2 saturated heterocycles. The number of carbonyl (C=O) groups excluding carboxylic acids is 1. The third-order valence-corrected chi connectivity index (χ3v) is 8.60. The van der Waals surface area contributed by atoms with Crippen molar-refractivity contribution in [3.05, 3.63) is 58.6 Å². The Morgan fingerprint density at radius 2 is 1.83 bits per heavy atom. The molecule has 158 valence electrons. The molecule has 6 nitrogen and oxygen atoms in total. The van der Waals surface area contributed by atoms with Gasteiger partial charge < -0.3 is 9.64 Å². The molecule has 2 aromatic rings. The fraction of sp³-hybridized carbons (Fsp3) is 0.333. The average Bonchev–Trinajstić information content (AvgIpc) is 3.13. The fourth-order valence-electron chi connectivity index (χ4n) is 3.83. The van der Waals surface area contributed by atoms with Gasteiger partial charge in [-0.15, -0.1) is 0 Å². The third kappa shape index (κ3) is 4.36. The number of fused-ring (bicyclic) bond motifs is 1. The number of ether oxygens (including phenoxy) is 1. The summed E-state index contributed by atoms with van der Waals surface area (Å²) in [7, 11) is -3.11. The van der Waals surface area contributed by atoms with Gasteiger partial charge in [0, 0.05) is 16.0 Å². The summed E-state index contributed by atoms with van der Waals surface area (Å²) in [5.74, 6) is 0.263. The summed E-state index contributed by atoms with van der Waals surface area (Å²) in [5.41, 5.74) is 2.94. The number of amides is 1. The van der Waals surface area contributed by atoms with E-state index >= 15 is 0 Å². The van der Waals surface area contributed by atoms with Crippen molar-refractivity contribution in [1.82, 2.24) is 0 Å². The largest absolute Gasteiger partial charge is 0.484 e. The predicted molar refractivity (Wildman–Crippen MR) is 122 cm³/mol. The van der Waals surface area contributed by atoms with Crippen molar-refractivity contribution in [3.8, 4) is 5.75 Å². The highest BCUT2D eigenvalue weighted by Gasteiger charge is 2.49. The molecule has 2 atom stereocenters. The number of nitrogens with zero attached hydrogens (tertiary/aromatic N) is 2. The smallest absolute Gasteiger partial charge is 0.285 e. The number of benzene rings is 2. The van der Waals surface area contributed by atoms with Crippen LogP contribution in [0.4, 0.5) is 5.69 Å². The van der Waals surface area contributed by atoms with E-state index in [9.17, 15) is 13.2 Å². The molecule has 2 aromatic carbocycles. The molecule has 30 heavy (non-hydrogen) atoms. The monoisotopic (exact) mass is 464 g/mol. The van der Waals surface area contributed by atoms with Gasteiger partial charge in [-0.2, -0.15) is 4.99 Å². The van der Waals surface area contributed by atoms with E-state index in [-0.39, 0.29) is 29.4 Å². The molecule has 1 amide bonds. The predicted octanol–water partition coefficient (Wildman–Crippen LogP) is 3.64. The first-order valence-corrected chi connectivity index (χ1v) is 12.5. The summed E-state index contributed by atoms with van der Waals surface area (Å²) in [5, 5.41) is 0.974. The van der Waals surface area contributed by atoms with Crippen LogP contribution in [0.1, 0.15) is 11.1 Å². The van der Waals surface area contributed by atoms with Crippen molar-refractivity contribution in [3.63, 3.8) is 0 Å². The van der Waals surface area contributed by atoms with Crippen molar-refractivity contribution in [1.29, 1.82) is 0 Å². The van der Waals surface area contributed by atoms with Crippen molar-refractivity contribution < 1.29 is 17.9 Å². The maximum atomic E-state index is 12.5. The number of aryl methyl sites for hydroxylation is 2. The van der Waals surface area contributed by atoms with E-state index in [4.69, 9.17) is 16.3 Å². The van der Waals surface area contributed by atoms with E-state index in [1.807, 2.05) is 36.9 Å². The van der Waals surface area contributed by atoms with Gasteiger partial charge in [0.15, 0.2) is 21.6 Å². The van der Waals surface area contributed by atoms with Crippen LogP contribution in [0.25, 0.3) is 0 Å². The zero-order chi connectivity index (χ0) is 21.5. The lowest BCUT2D eigenvalue weighted by atomic mass is 10.1. The Bertz CT molecular complexity index is 1100. The Hall–Kier alpha value is -2.03. The van der Waals surface area contributed by atoms with E-state index in [2.05, 4.69) is 4.99 Å². The highest BCUT2D eigenvalue weighted by atomic mass is 35.5. The van der Waals surface area contributed by atoms with Crippen LogP contribution in [-0.4, -0.2) is 48.9 Å². The first-order chi connectivity index (χ1) is 14.2. The van der Waals surface area contributed by atoms with Gasteiger partial charge in [-0.3, -0.25) is 4.79 Å². The van der Waals surface area contributed by atoms with E-state index < -0.39 is 15.7 Å². The van der Waals surface area contributed by atoms with Crippen molar-refractivity contribution in [2.24, 2.45) is 4.99 Å². The Morgan fingerprint density at radius 3 is 2.50 bits per heavy atom. The van der Waals surface area contributed by atoms with Gasteiger partial charge in [-0.25, -0.2) is 8.42 Å². The Labute approximate surface area is 185 Å². The SMILES string of the molecule is Cc1cccc(C)c1N1C(=NC(=O)COc2ccc(Cl)cc2)S[C@@H]2CS(=O)(=O)C[C@H]21. The van der Waals surface area contributed by atoms with Gasteiger partial charge in [0.2, 0.25) is 0 Å². The van der Waals surface area contributed by atoms with Crippen LogP contribution in [-0.2, 0) is 14.6 Å². The number of para-hydroxylation sites is 1. The summed E-state index contributed by atoms with van der Waals surface area (Å²) >= 11 is 7.22. The zero-order valence-electron chi connectivity index (χ0n) is 16.5. The second-order valence-electron chi connectivity index (χ2n) is 7.44. The molecule has 0 spiro atoms. The highest BCUT2D eigenvalue weighted by molar-refractivity contribution is 8.16. The second-order valence-corrected chi connectivity index (χ2v) is 11.2. The molecular formula is C21H21ClN2O4S2. The number of amidine groups is 1. The summed E-state index contributed by atoms with van der Waals surface area (Å²) in [6.45, 7) is 3.75. The Kier molecular flexibility index (Phi) is 5.83. The van der Waals surface area contributed by atoms with Gasteiger partial charge in [-0.05, 0) is 49.2 Å². The number of sulfone groups is 1. The normalized spacial score (nSPS) is 23.6. The van der Waals surface area contributed by atoms with Crippen LogP contribution in [0.5, 0.6) is 5.75 Å². The van der Waals surface area contributed by atoms with Crippen LogP contribution in [0.2, 0.25) is 5.02 Å². The van der Waals surface area contributed by atoms with Gasteiger partial charge in [0.25, 0.3) is 5.91 Å². The van der Waals surface area contributed by atoms with Gasteiger partial charge >= 0.3 is 0 Å². The Balaban J connectivity index is 1.60. The van der Waals surface area contributed by atoms with Gasteiger partial charge in [-0.1, -0.05) is 41.6 Å². The lowest BCUT2D eigenvalue weighted by Crippen LogP contribution is -2.38. The lowest BCUT2D eigenvalue weighted by molar-refractivity contribution is -0.119. The summed E-state index contributed by atoms with van der Waals surface area (Å²) in [6.07, 6.45) is 0. The van der Waals surface area contributed by atoms with E-state index in [0.717, 1.165) is 16.8 Å². The van der Waals surface area contributed by atoms with Crippen LogP contribution >= 0.6 is 23.4 Å². The molecule has 0 bridgehead atoms. The standard InChI is InChI=1S/C21H21ClN2O4S2/c1-13-4-3-5-14(2)20(13)24-17-11-30(26,27)12-18(17)29-21(24)23-19(25)10-28-16-8-6-15(22)7-9-16/h3-9,17-18H,10-12H2,1-2H3/t17-,18-/m1/s1. The van der Waals surface area contributed by atoms with E-state index in [1.54, 1.807) is 24.3 Å². The molecule has 0 aromatic heterocycles. The number of halogens is 1. The summed E-state index contributed by atoms with van der Waals surface area (Å²) in [6, 6.07) is 12.4. The van der Waals surface area contributed by atoms with Crippen LogP contribution in [0.15, 0.2) is 47.5 Å². The molecule has 0 saturated carbocycles. The quantitative estimate of drug-likeness (QED) is 0.687. The van der Waals surface area contributed by atoms with Crippen molar-refractivity contribution >= 4 is 50.0 Å². The molecule has 2 aliphatic heterocycles. The topological polar surface area (TPSA) is 76.0 Å². The molecule has 9 heteroatoms. The zero-order valence-corrected chi connectivity index (χ0v) is 18.9. The number of hydrogen-bond donors (Lipinski definition) is 0. The number of carbonyl (C=O) groups is 1. The molecule has 4 rings (SSSR count). The first kappa shape index (κ1) is 21.2. The molecule has 0 aliphatic carbocycles. The minimum Gasteiger partial charge on any atom is -0.484 e. The average molecular weight is 465 g/mol. The molecular weight excluding hydrogens is 444 g/mol. The first-order valence-electron chi connectivity index (χ1n) is 9.46. The minimum absolute atomic E-state index is 0.0624. The summed E-state index contributed by atoms with van der Waals surface area (Å²) in [4.78, 5) is 18.8. The second kappa shape index (κ2) is 8.24. The third-order valence-electron chi connectivity index (χ3n) is 5.14. The van der Waals surface area contributed by atoms with Crippen molar-refractivity contribution in [2.45, 2.75) is 25.1 Å². The maximum absolute atomic E-state index is 12.5. The van der Waals surface area contributed by atoms with Crippen LogP contribution in [0, 0.1) is 13.8 Å². The number of thioether (sulfide) groups is 1. The molecule has 2 heterocycles. The number of rotatable bonds is 4. The molecule has 0 N–H and O–H groups in total. The van der Waals surface area contributed by atoms with Crippen LogP contribution in [0.3, 0.4) is 0 Å². The maximum Gasteiger partial charge on any atom is 0.285 e. The number of hydrogen-bond acceptors (Lipinski definition) is 5. The van der Waals surface area contributed by atoms with E-state index in [1.165, 1.54) is 11.8 Å². The van der Waals surface area contributed by atoms with E-state index in [0.29, 0.717) is 15.9 Å². The van der Waals surface area contributed by atoms with Gasteiger partial charge in [0.1, 0.15) is 5.75 Å². The molecule has 0 radical (unpaired) electrons. The molecule has 0 unspecified atom stereocenters. The molecule has 2 aliphatic rings. The van der Waals surface area contributed by atoms with Crippen LogP contribution < -0.4 is 9.64 Å². The van der Waals surface area contributed by atoms with Crippen molar-refractivity contribution in [2.75, 3.05) is 23.0 Å². The highest BCUT2D eigenvalue weighted by Crippen LogP contribution is 2.43. The minimum atomic E-state index is -3.11. The molecule has 2 fully saturated rings. The summed E-state index contributed by atoms with van der Waals surface area (Å²) < 4.78 is 30.0. The fourth-order valence-corrected chi connectivity index (χ4v) is 7.87. The Morgan fingerprint density at radius 1 is 1.17 bits per heavy atom.